The Morgan fingerprint density at radius 3 is 2.68 bits per heavy atom. The Hall–Kier alpha value is -1.35. The molecule has 1 heterocycles. The second-order valence-electron chi connectivity index (χ2n) is 6.02. The van der Waals surface area contributed by atoms with Crippen LogP contribution in [0, 0.1) is 0 Å². The number of nitrogens with two attached hydrogens (primary N) is 1. The van der Waals surface area contributed by atoms with Crippen LogP contribution in [0.15, 0.2) is 48.5 Å². The average molecular weight is 315 g/mol. The van der Waals surface area contributed by atoms with Gasteiger partial charge in [0, 0.05) is 11.6 Å². The van der Waals surface area contributed by atoms with Crippen molar-refractivity contribution in [2.45, 2.75) is 31.8 Å². The first kappa shape index (κ1) is 15.5. The van der Waals surface area contributed by atoms with Crippen molar-refractivity contribution in [2.75, 3.05) is 13.1 Å². The first-order valence-electron chi connectivity index (χ1n) is 8.07. The van der Waals surface area contributed by atoms with Gasteiger partial charge in [-0.2, -0.15) is 0 Å². The summed E-state index contributed by atoms with van der Waals surface area (Å²) in [5.74, 6) is 0. The van der Waals surface area contributed by atoms with Crippen LogP contribution in [0.4, 0.5) is 0 Å². The highest BCUT2D eigenvalue weighted by molar-refractivity contribution is 6.30. The van der Waals surface area contributed by atoms with Crippen LogP contribution in [-0.4, -0.2) is 24.2 Å². The molecule has 116 valence electrons. The summed E-state index contributed by atoms with van der Waals surface area (Å²) in [6.45, 7) is 2.11. The summed E-state index contributed by atoms with van der Waals surface area (Å²) in [7, 11) is 0. The molecule has 3 rings (SSSR count). The molecule has 0 saturated carbocycles. The molecule has 0 aliphatic carbocycles. The van der Waals surface area contributed by atoms with E-state index in [-0.39, 0.29) is 6.17 Å². The second kappa shape index (κ2) is 7.28. The highest BCUT2D eigenvalue weighted by atomic mass is 35.5. The van der Waals surface area contributed by atoms with Gasteiger partial charge in [0.25, 0.3) is 0 Å². The van der Waals surface area contributed by atoms with Crippen molar-refractivity contribution in [2.24, 2.45) is 5.73 Å². The fraction of sp³-hybridized carbons (Fsp3) is 0.368. The number of rotatable bonds is 4. The van der Waals surface area contributed by atoms with E-state index in [9.17, 15) is 0 Å². The quantitative estimate of drug-likeness (QED) is 0.910. The molecule has 0 spiro atoms. The minimum absolute atomic E-state index is 0.216. The molecule has 0 amide bonds. The Kier molecular flexibility index (Phi) is 5.14. The van der Waals surface area contributed by atoms with E-state index in [1.54, 1.807) is 0 Å². The van der Waals surface area contributed by atoms with Crippen molar-refractivity contribution < 1.29 is 0 Å². The van der Waals surface area contributed by atoms with Crippen molar-refractivity contribution in [3.63, 3.8) is 0 Å². The van der Waals surface area contributed by atoms with Crippen LogP contribution in [-0.2, 0) is 6.42 Å². The number of nitrogens with zero attached hydrogens (tertiary/aromatic N) is 1. The zero-order chi connectivity index (χ0) is 15.4. The normalized spacial score (nSPS) is 19.3. The SMILES string of the molecule is N[C@H]1CCCCN1CCc1cc(Cl)ccc1-c1ccccc1. The molecule has 1 aliphatic rings. The smallest absolute Gasteiger partial charge is 0.0571 e. The van der Waals surface area contributed by atoms with E-state index in [4.69, 9.17) is 17.3 Å². The minimum Gasteiger partial charge on any atom is -0.316 e. The van der Waals surface area contributed by atoms with Gasteiger partial charge in [-0.15, -0.1) is 0 Å². The monoisotopic (exact) mass is 314 g/mol. The summed E-state index contributed by atoms with van der Waals surface area (Å²) in [5.41, 5.74) is 10.0. The van der Waals surface area contributed by atoms with Gasteiger partial charge in [0.05, 0.1) is 6.17 Å². The molecular formula is C19H23ClN2. The summed E-state index contributed by atoms with van der Waals surface area (Å²) >= 11 is 6.22. The highest BCUT2D eigenvalue weighted by Crippen LogP contribution is 2.27. The summed E-state index contributed by atoms with van der Waals surface area (Å²) in [6, 6.07) is 16.7. The largest absolute Gasteiger partial charge is 0.316 e. The van der Waals surface area contributed by atoms with Gasteiger partial charge in [0.15, 0.2) is 0 Å². The molecule has 1 saturated heterocycles. The lowest BCUT2D eigenvalue weighted by atomic mass is 9.97. The maximum atomic E-state index is 6.22. The number of halogens is 1. The third-order valence-corrected chi connectivity index (χ3v) is 4.72. The van der Waals surface area contributed by atoms with E-state index in [2.05, 4.69) is 41.3 Å². The predicted molar refractivity (Wildman–Crippen MR) is 94.0 cm³/mol. The molecule has 0 bridgehead atoms. The van der Waals surface area contributed by atoms with Gasteiger partial charge in [0.2, 0.25) is 0 Å². The summed E-state index contributed by atoms with van der Waals surface area (Å²) in [5, 5.41) is 0.803. The average Bonchev–Trinajstić information content (AvgIpc) is 2.55. The first-order valence-corrected chi connectivity index (χ1v) is 8.45. The van der Waals surface area contributed by atoms with Gasteiger partial charge in [-0.25, -0.2) is 0 Å². The minimum atomic E-state index is 0.216. The molecule has 22 heavy (non-hydrogen) atoms. The topological polar surface area (TPSA) is 29.3 Å². The van der Waals surface area contributed by atoms with Gasteiger partial charge >= 0.3 is 0 Å². The standard InChI is InChI=1S/C19H23ClN2/c20-17-9-10-18(15-6-2-1-3-7-15)16(14-17)11-13-22-12-5-4-8-19(22)21/h1-3,6-7,9-10,14,19H,4-5,8,11-13,21H2/t19-/m1/s1. The Morgan fingerprint density at radius 1 is 1.09 bits per heavy atom. The van der Waals surface area contributed by atoms with Gasteiger partial charge in [-0.3, -0.25) is 4.90 Å². The van der Waals surface area contributed by atoms with E-state index in [1.165, 1.54) is 29.5 Å². The molecule has 2 nitrogen and oxygen atoms in total. The lowest BCUT2D eigenvalue weighted by Crippen LogP contribution is -2.46. The second-order valence-corrected chi connectivity index (χ2v) is 6.45. The van der Waals surface area contributed by atoms with Gasteiger partial charge in [-0.05, 0) is 61.1 Å². The maximum Gasteiger partial charge on any atom is 0.0571 e. The fourth-order valence-corrected chi connectivity index (χ4v) is 3.42. The maximum absolute atomic E-state index is 6.22. The molecule has 0 aromatic heterocycles. The number of hydrogen-bond acceptors (Lipinski definition) is 2. The van der Waals surface area contributed by atoms with Crippen molar-refractivity contribution in [1.82, 2.24) is 4.90 Å². The van der Waals surface area contributed by atoms with E-state index >= 15 is 0 Å². The Balaban J connectivity index is 1.79. The number of likely N-dealkylation sites (tertiary alicyclic amines) is 1. The third kappa shape index (κ3) is 3.70. The molecule has 2 aromatic rings. The van der Waals surface area contributed by atoms with E-state index in [1.807, 2.05) is 12.1 Å². The Bertz CT molecular complexity index is 612. The summed E-state index contributed by atoms with van der Waals surface area (Å²) in [4.78, 5) is 2.40. The van der Waals surface area contributed by atoms with E-state index in [0.717, 1.165) is 31.0 Å². The molecule has 2 aromatic carbocycles. The van der Waals surface area contributed by atoms with Crippen LogP contribution in [0.5, 0.6) is 0 Å². The highest BCUT2D eigenvalue weighted by Gasteiger charge is 2.18. The van der Waals surface area contributed by atoms with Crippen LogP contribution in [0.3, 0.4) is 0 Å². The Morgan fingerprint density at radius 2 is 1.91 bits per heavy atom. The Labute approximate surface area is 137 Å². The molecule has 0 radical (unpaired) electrons. The molecule has 1 aliphatic heterocycles. The van der Waals surface area contributed by atoms with Crippen molar-refractivity contribution >= 4 is 11.6 Å². The lowest BCUT2D eigenvalue weighted by Gasteiger charge is -2.33. The van der Waals surface area contributed by atoms with Crippen molar-refractivity contribution in [3.8, 4) is 11.1 Å². The molecule has 1 atom stereocenters. The fourth-order valence-electron chi connectivity index (χ4n) is 3.23. The predicted octanol–water partition coefficient (Wildman–Crippen LogP) is 4.32. The van der Waals surface area contributed by atoms with Crippen LogP contribution >= 0.6 is 11.6 Å². The van der Waals surface area contributed by atoms with E-state index < -0.39 is 0 Å². The van der Waals surface area contributed by atoms with E-state index in [0.29, 0.717) is 0 Å². The van der Waals surface area contributed by atoms with Crippen LogP contribution in [0.1, 0.15) is 24.8 Å². The zero-order valence-electron chi connectivity index (χ0n) is 12.8. The van der Waals surface area contributed by atoms with Gasteiger partial charge in [0.1, 0.15) is 0 Å². The van der Waals surface area contributed by atoms with Gasteiger partial charge in [-0.1, -0.05) is 48.0 Å². The number of piperidine rings is 1. The lowest BCUT2D eigenvalue weighted by molar-refractivity contribution is 0.154. The summed E-state index contributed by atoms with van der Waals surface area (Å²) in [6.07, 6.45) is 4.83. The van der Waals surface area contributed by atoms with Crippen molar-refractivity contribution in [1.29, 1.82) is 0 Å². The van der Waals surface area contributed by atoms with Gasteiger partial charge < -0.3 is 5.73 Å². The molecular weight excluding hydrogens is 292 g/mol. The first-order chi connectivity index (χ1) is 10.7. The van der Waals surface area contributed by atoms with Crippen LogP contribution in [0.2, 0.25) is 5.02 Å². The molecule has 3 heteroatoms. The molecule has 2 N–H and O–H groups in total. The van der Waals surface area contributed by atoms with Crippen LogP contribution < -0.4 is 5.73 Å². The number of benzene rings is 2. The molecule has 0 unspecified atom stereocenters. The molecule has 1 fully saturated rings. The van der Waals surface area contributed by atoms with Crippen molar-refractivity contribution in [3.05, 3.63) is 59.1 Å². The summed E-state index contributed by atoms with van der Waals surface area (Å²) < 4.78 is 0. The number of hydrogen-bond donors (Lipinski definition) is 1. The zero-order valence-corrected chi connectivity index (χ0v) is 13.6. The van der Waals surface area contributed by atoms with Crippen LogP contribution in [0.25, 0.3) is 11.1 Å². The third-order valence-electron chi connectivity index (χ3n) is 4.48.